The van der Waals surface area contributed by atoms with Gasteiger partial charge in [0.1, 0.15) is 5.82 Å². The molecule has 0 bridgehead atoms. The molecule has 1 unspecified atom stereocenters. The maximum Gasteiger partial charge on any atom is 0.376 e. The molecule has 1 heterocycles. The van der Waals surface area contributed by atoms with Gasteiger partial charge in [0.2, 0.25) is 5.82 Å². The summed E-state index contributed by atoms with van der Waals surface area (Å²) in [6.45, 7) is 2.09. The molecular formula is C16H19N3O2. The lowest BCUT2D eigenvalue weighted by molar-refractivity contribution is 0.0587. The number of esters is 1. The molecular weight excluding hydrogens is 266 g/mol. The predicted octanol–water partition coefficient (Wildman–Crippen LogP) is 2.70. The van der Waals surface area contributed by atoms with Gasteiger partial charge in [-0.05, 0) is 31.4 Å². The first-order valence-corrected chi connectivity index (χ1v) is 6.91. The highest BCUT2D eigenvalue weighted by Gasteiger charge is 2.10. The summed E-state index contributed by atoms with van der Waals surface area (Å²) in [5, 5.41) is 3.27. The first kappa shape index (κ1) is 15.0. The molecule has 5 heteroatoms. The van der Waals surface area contributed by atoms with Crippen LogP contribution in [0, 0.1) is 0 Å². The van der Waals surface area contributed by atoms with E-state index in [1.54, 1.807) is 12.3 Å². The summed E-state index contributed by atoms with van der Waals surface area (Å²) in [5.74, 6) is 0.166. The summed E-state index contributed by atoms with van der Waals surface area (Å²) >= 11 is 0. The normalized spacial score (nSPS) is 11.7. The molecule has 1 aromatic carbocycles. The van der Waals surface area contributed by atoms with Crippen molar-refractivity contribution in [3.05, 3.63) is 54.0 Å². The summed E-state index contributed by atoms with van der Waals surface area (Å²) in [6, 6.07) is 12.3. The highest BCUT2D eigenvalue weighted by atomic mass is 16.5. The van der Waals surface area contributed by atoms with Crippen LogP contribution in [0.5, 0.6) is 0 Å². The maximum atomic E-state index is 11.4. The van der Waals surface area contributed by atoms with Gasteiger partial charge in [-0.2, -0.15) is 0 Å². The number of aromatic nitrogens is 2. The largest absolute Gasteiger partial charge is 0.463 e. The van der Waals surface area contributed by atoms with E-state index in [1.807, 2.05) is 18.2 Å². The van der Waals surface area contributed by atoms with E-state index in [9.17, 15) is 4.79 Å². The standard InChI is InChI=1S/C16H19N3O2/c1-12(8-9-13-6-4-3-5-7-13)18-14-10-11-17-15(19-14)16(20)21-2/h3-7,10-12H,8-9H2,1-2H3,(H,17,18,19). The fourth-order valence-electron chi connectivity index (χ4n) is 1.98. The molecule has 0 saturated carbocycles. The third kappa shape index (κ3) is 4.56. The summed E-state index contributed by atoms with van der Waals surface area (Å²) in [4.78, 5) is 19.4. The van der Waals surface area contributed by atoms with Gasteiger partial charge in [0, 0.05) is 12.2 Å². The fraction of sp³-hybridized carbons (Fsp3) is 0.312. The summed E-state index contributed by atoms with van der Waals surface area (Å²) in [5.41, 5.74) is 1.31. The van der Waals surface area contributed by atoms with E-state index >= 15 is 0 Å². The van der Waals surface area contributed by atoms with Gasteiger partial charge in [0.15, 0.2) is 0 Å². The quantitative estimate of drug-likeness (QED) is 0.827. The Morgan fingerprint density at radius 2 is 2.05 bits per heavy atom. The van der Waals surface area contributed by atoms with Crippen LogP contribution in [0.2, 0.25) is 0 Å². The molecule has 110 valence electrons. The van der Waals surface area contributed by atoms with Crippen molar-refractivity contribution in [3.63, 3.8) is 0 Å². The number of rotatable bonds is 6. The van der Waals surface area contributed by atoms with Crippen LogP contribution in [-0.4, -0.2) is 29.1 Å². The molecule has 0 saturated heterocycles. The van der Waals surface area contributed by atoms with Crippen molar-refractivity contribution in [2.45, 2.75) is 25.8 Å². The Bertz CT molecular complexity index is 587. The molecule has 0 aliphatic rings. The number of carbonyl (C=O) groups is 1. The lowest BCUT2D eigenvalue weighted by Gasteiger charge is -2.14. The van der Waals surface area contributed by atoms with E-state index in [0.717, 1.165) is 12.8 Å². The minimum atomic E-state index is -0.532. The zero-order valence-electron chi connectivity index (χ0n) is 12.2. The van der Waals surface area contributed by atoms with Gasteiger partial charge in [-0.3, -0.25) is 0 Å². The minimum absolute atomic E-state index is 0.0674. The molecule has 2 aromatic rings. The first-order valence-electron chi connectivity index (χ1n) is 6.91. The number of nitrogens with zero attached hydrogens (tertiary/aromatic N) is 2. The van der Waals surface area contributed by atoms with Crippen LogP contribution in [0.25, 0.3) is 0 Å². The maximum absolute atomic E-state index is 11.4. The molecule has 21 heavy (non-hydrogen) atoms. The Labute approximate surface area is 124 Å². The smallest absolute Gasteiger partial charge is 0.376 e. The first-order chi connectivity index (χ1) is 10.2. The lowest BCUT2D eigenvalue weighted by Crippen LogP contribution is -2.18. The zero-order chi connectivity index (χ0) is 15.1. The van der Waals surface area contributed by atoms with Crippen molar-refractivity contribution in [3.8, 4) is 0 Å². The highest BCUT2D eigenvalue weighted by Crippen LogP contribution is 2.10. The molecule has 2 rings (SSSR count). The fourth-order valence-corrected chi connectivity index (χ4v) is 1.98. The number of nitrogens with one attached hydrogen (secondary N) is 1. The number of anilines is 1. The van der Waals surface area contributed by atoms with Crippen molar-refractivity contribution in [1.29, 1.82) is 0 Å². The molecule has 0 aliphatic heterocycles. The van der Waals surface area contributed by atoms with Gasteiger partial charge in [-0.25, -0.2) is 14.8 Å². The van der Waals surface area contributed by atoms with E-state index in [2.05, 4.69) is 39.1 Å². The van der Waals surface area contributed by atoms with Crippen molar-refractivity contribution in [2.75, 3.05) is 12.4 Å². The van der Waals surface area contributed by atoms with Crippen molar-refractivity contribution < 1.29 is 9.53 Å². The SMILES string of the molecule is COC(=O)c1nccc(NC(C)CCc2ccccc2)n1. The molecule has 1 N–H and O–H groups in total. The van der Waals surface area contributed by atoms with Crippen LogP contribution in [0.3, 0.4) is 0 Å². The molecule has 1 aromatic heterocycles. The molecule has 0 fully saturated rings. The van der Waals surface area contributed by atoms with Gasteiger partial charge in [0.05, 0.1) is 7.11 Å². The Morgan fingerprint density at radius 1 is 1.29 bits per heavy atom. The van der Waals surface area contributed by atoms with E-state index in [1.165, 1.54) is 12.7 Å². The second kappa shape index (κ2) is 7.38. The summed E-state index contributed by atoms with van der Waals surface area (Å²) < 4.78 is 4.61. The van der Waals surface area contributed by atoms with Gasteiger partial charge in [0.25, 0.3) is 0 Å². The van der Waals surface area contributed by atoms with E-state index < -0.39 is 5.97 Å². The molecule has 0 amide bonds. The Hall–Kier alpha value is -2.43. The molecule has 5 nitrogen and oxygen atoms in total. The van der Waals surface area contributed by atoms with Crippen molar-refractivity contribution >= 4 is 11.8 Å². The molecule has 0 spiro atoms. The van der Waals surface area contributed by atoms with Crippen molar-refractivity contribution in [1.82, 2.24) is 9.97 Å². The monoisotopic (exact) mass is 285 g/mol. The summed E-state index contributed by atoms with van der Waals surface area (Å²) in [7, 11) is 1.31. The van der Waals surface area contributed by atoms with Crippen LogP contribution in [0.1, 0.15) is 29.5 Å². The molecule has 0 aliphatic carbocycles. The second-order valence-corrected chi connectivity index (χ2v) is 4.83. The third-order valence-corrected chi connectivity index (χ3v) is 3.13. The topological polar surface area (TPSA) is 64.1 Å². The number of carbonyl (C=O) groups excluding carboxylic acids is 1. The number of benzene rings is 1. The van der Waals surface area contributed by atoms with Gasteiger partial charge < -0.3 is 10.1 Å². The van der Waals surface area contributed by atoms with Crippen LogP contribution >= 0.6 is 0 Å². The number of hydrogen-bond acceptors (Lipinski definition) is 5. The zero-order valence-corrected chi connectivity index (χ0v) is 12.2. The van der Waals surface area contributed by atoms with E-state index in [-0.39, 0.29) is 11.9 Å². The summed E-state index contributed by atoms with van der Waals surface area (Å²) in [6.07, 6.45) is 3.51. The van der Waals surface area contributed by atoms with Gasteiger partial charge >= 0.3 is 5.97 Å². The Balaban J connectivity index is 1.90. The third-order valence-electron chi connectivity index (χ3n) is 3.13. The van der Waals surface area contributed by atoms with Crippen LogP contribution in [-0.2, 0) is 11.2 Å². The average molecular weight is 285 g/mol. The van der Waals surface area contributed by atoms with Gasteiger partial charge in [-0.15, -0.1) is 0 Å². The number of aryl methyl sites for hydroxylation is 1. The minimum Gasteiger partial charge on any atom is -0.463 e. The molecule has 1 atom stereocenters. The van der Waals surface area contributed by atoms with Gasteiger partial charge in [-0.1, -0.05) is 30.3 Å². The Kier molecular flexibility index (Phi) is 5.26. The lowest BCUT2D eigenvalue weighted by atomic mass is 10.1. The van der Waals surface area contributed by atoms with E-state index in [0.29, 0.717) is 5.82 Å². The average Bonchev–Trinajstić information content (AvgIpc) is 2.53. The highest BCUT2D eigenvalue weighted by molar-refractivity contribution is 5.85. The van der Waals surface area contributed by atoms with Crippen LogP contribution in [0.4, 0.5) is 5.82 Å². The number of ether oxygens (including phenoxy) is 1. The van der Waals surface area contributed by atoms with Crippen LogP contribution in [0.15, 0.2) is 42.6 Å². The van der Waals surface area contributed by atoms with Crippen LogP contribution < -0.4 is 5.32 Å². The Morgan fingerprint density at radius 3 is 2.76 bits per heavy atom. The number of hydrogen-bond donors (Lipinski definition) is 1. The van der Waals surface area contributed by atoms with E-state index in [4.69, 9.17) is 0 Å². The molecule has 0 radical (unpaired) electrons. The predicted molar refractivity (Wildman–Crippen MR) is 81.2 cm³/mol. The van der Waals surface area contributed by atoms with Crippen molar-refractivity contribution in [2.24, 2.45) is 0 Å². The second-order valence-electron chi connectivity index (χ2n) is 4.83. The number of methoxy groups -OCH3 is 1.